The van der Waals surface area contributed by atoms with Crippen LogP contribution in [-0.2, 0) is 0 Å². The summed E-state index contributed by atoms with van der Waals surface area (Å²) >= 11 is 5.97. The second-order valence-corrected chi connectivity index (χ2v) is 3.79. The molecule has 0 aromatic heterocycles. The monoisotopic (exact) mass is 246 g/mol. The largest absolute Gasteiger partial charge is 0.353 e. The number of nitriles is 1. The SMILES string of the molecule is N#Cc1c(F)cccc1Nc1ccccc1Cl. The average Bonchev–Trinajstić information content (AvgIpc) is 2.32. The molecule has 0 aliphatic carbocycles. The van der Waals surface area contributed by atoms with E-state index >= 15 is 0 Å². The number of rotatable bonds is 2. The number of benzene rings is 2. The third-order valence-corrected chi connectivity index (χ3v) is 2.60. The maximum absolute atomic E-state index is 13.4. The molecule has 0 fully saturated rings. The molecule has 0 spiro atoms. The summed E-state index contributed by atoms with van der Waals surface area (Å²) in [6, 6.07) is 13.3. The van der Waals surface area contributed by atoms with Gasteiger partial charge in [-0.05, 0) is 24.3 Å². The van der Waals surface area contributed by atoms with Crippen LogP contribution in [0.25, 0.3) is 0 Å². The van der Waals surface area contributed by atoms with Gasteiger partial charge < -0.3 is 5.32 Å². The van der Waals surface area contributed by atoms with E-state index in [9.17, 15) is 4.39 Å². The van der Waals surface area contributed by atoms with Gasteiger partial charge in [0.2, 0.25) is 0 Å². The van der Waals surface area contributed by atoms with Crippen molar-refractivity contribution in [3.05, 3.63) is 58.9 Å². The zero-order valence-corrected chi connectivity index (χ0v) is 9.50. The summed E-state index contributed by atoms with van der Waals surface area (Å²) in [5.41, 5.74) is 1.02. The Morgan fingerprint density at radius 2 is 1.76 bits per heavy atom. The number of hydrogen-bond acceptors (Lipinski definition) is 2. The number of para-hydroxylation sites is 1. The molecule has 0 radical (unpaired) electrons. The normalized spacial score (nSPS) is 9.71. The van der Waals surface area contributed by atoms with Crippen LogP contribution in [0.3, 0.4) is 0 Å². The number of nitrogens with zero attached hydrogens (tertiary/aromatic N) is 1. The lowest BCUT2D eigenvalue weighted by Crippen LogP contribution is -1.96. The van der Waals surface area contributed by atoms with Crippen LogP contribution in [0.15, 0.2) is 42.5 Å². The molecule has 0 heterocycles. The first kappa shape index (κ1) is 11.4. The first-order valence-electron chi connectivity index (χ1n) is 4.92. The lowest BCUT2D eigenvalue weighted by molar-refractivity contribution is 0.624. The molecule has 0 bridgehead atoms. The third kappa shape index (κ3) is 2.38. The number of nitrogens with one attached hydrogen (secondary N) is 1. The molecule has 0 aliphatic rings. The summed E-state index contributed by atoms with van der Waals surface area (Å²) in [5, 5.41) is 12.3. The Labute approximate surface area is 103 Å². The lowest BCUT2D eigenvalue weighted by atomic mass is 10.1. The molecule has 0 amide bonds. The van der Waals surface area contributed by atoms with Crippen molar-refractivity contribution in [2.24, 2.45) is 0 Å². The minimum Gasteiger partial charge on any atom is -0.353 e. The topological polar surface area (TPSA) is 35.8 Å². The minimum atomic E-state index is -0.551. The molecule has 4 heteroatoms. The first-order valence-corrected chi connectivity index (χ1v) is 5.30. The minimum absolute atomic E-state index is 0.0209. The summed E-state index contributed by atoms with van der Waals surface area (Å²) in [5.74, 6) is -0.551. The summed E-state index contributed by atoms with van der Waals surface area (Å²) in [7, 11) is 0. The van der Waals surface area contributed by atoms with E-state index < -0.39 is 5.82 Å². The maximum atomic E-state index is 13.4. The molecule has 2 rings (SSSR count). The van der Waals surface area contributed by atoms with Crippen molar-refractivity contribution in [3.8, 4) is 6.07 Å². The van der Waals surface area contributed by atoms with Crippen LogP contribution >= 0.6 is 11.6 Å². The van der Waals surface area contributed by atoms with E-state index in [0.29, 0.717) is 16.4 Å². The molecule has 0 aliphatic heterocycles. The highest BCUT2D eigenvalue weighted by Gasteiger charge is 2.08. The standard InChI is InChI=1S/C13H8ClFN2/c14-10-4-1-2-6-13(10)17-12-7-3-5-11(15)9(12)8-16/h1-7,17H. The van der Waals surface area contributed by atoms with Crippen molar-refractivity contribution < 1.29 is 4.39 Å². The van der Waals surface area contributed by atoms with Crippen LogP contribution in [0.2, 0.25) is 5.02 Å². The molecule has 17 heavy (non-hydrogen) atoms. The van der Waals surface area contributed by atoms with E-state index in [-0.39, 0.29) is 5.56 Å². The maximum Gasteiger partial charge on any atom is 0.143 e. The van der Waals surface area contributed by atoms with Crippen molar-refractivity contribution in [1.29, 1.82) is 5.26 Å². The summed E-state index contributed by atoms with van der Waals surface area (Å²) in [6.07, 6.45) is 0. The molecule has 2 aromatic rings. The van der Waals surface area contributed by atoms with Gasteiger partial charge in [0.1, 0.15) is 17.4 Å². The van der Waals surface area contributed by atoms with E-state index in [0.717, 1.165) is 0 Å². The van der Waals surface area contributed by atoms with E-state index in [2.05, 4.69) is 5.32 Å². The lowest BCUT2D eigenvalue weighted by Gasteiger charge is -2.09. The molecule has 0 atom stereocenters. The molecule has 2 nitrogen and oxygen atoms in total. The van der Waals surface area contributed by atoms with Crippen LogP contribution in [-0.4, -0.2) is 0 Å². The second-order valence-electron chi connectivity index (χ2n) is 3.38. The highest BCUT2D eigenvalue weighted by Crippen LogP contribution is 2.27. The van der Waals surface area contributed by atoms with E-state index in [1.54, 1.807) is 30.3 Å². The summed E-state index contributed by atoms with van der Waals surface area (Å²) < 4.78 is 13.4. The molecule has 2 aromatic carbocycles. The Morgan fingerprint density at radius 3 is 2.47 bits per heavy atom. The van der Waals surface area contributed by atoms with Crippen LogP contribution in [0.4, 0.5) is 15.8 Å². The molecule has 0 unspecified atom stereocenters. The van der Waals surface area contributed by atoms with Crippen molar-refractivity contribution in [2.75, 3.05) is 5.32 Å². The van der Waals surface area contributed by atoms with E-state index in [1.165, 1.54) is 12.1 Å². The van der Waals surface area contributed by atoms with Crippen molar-refractivity contribution in [3.63, 3.8) is 0 Å². The fourth-order valence-electron chi connectivity index (χ4n) is 1.45. The zero-order valence-electron chi connectivity index (χ0n) is 8.74. The van der Waals surface area contributed by atoms with Gasteiger partial charge in [-0.3, -0.25) is 0 Å². The van der Waals surface area contributed by atoms with Gasteiger partial charge in [-0.15, -0.1) is 0 Å². The second kappa shape index (κ2) is 4.86. The van der Waals surface area contributed by atoms with Gasteiger partial charge >= 0.3 is 0 Å². The molecular weight excluding hydrogens is 239 g/mol. The van der Waals surface area contributed by atoms with Crippen molar-refractivity contribution in [1.82, 2.24) is 0 Å². The Hall–Kier alpha value is -2.05. The quantitative estimate of drug-likeness (QED) is 0.866. The summed E-state index contributed by atoms with van der Waals surface area (Å²) in [6.45, 7) is 0. The average molecular weight is 247 g/mol. The van der Waals surface area contributed by atoms with Crippen LogP contribution in [0.5, 0.6) is 0 Å². The van der Waals surface area contributed by atoms with Gasteiger partial charge in [0, 0.05) is 0 Å². The number of halogens is 2. The van der Waals surface area contributed by atoms with Crippen LogP contribution in [0.1, 0.15) is 5.56 Å². The Morgan fingerprint density at radius 1 is 1.06 bits per heavy atom. The van der Waals surface area contributed by atoms with Crippen molar-refractivity contribution >= 4 is 23.0 Å². The van der Waals surface area contributed by atoms with E-state index in [4.69, 9.17) is 16.9 Å². The van der Waals surface area contributed by atoms with Gasteiger partial charge in [-0.2, -0.15) is 5.26 Å². The summed E-state index contributed by atoms with van der Waals surface area (Å²) in [4.78, 5) is 0. The van der Waals surface area contributed by atoms with Crippen LogP contribution < -0.4 is 5.32 Å². The highest BCUT2D eigenvalue weighted by atomic mass is 35.5. The fraction of sp³-hybridized carbons (Fsp3) is 0. The third-order valence-electron chi connectivity index (χ3n) is 2.27. The van der Waals surface area contributed by atoms with Gasteiger partial charge in [0.15, 0.2) is 0 Å². The molecule has 0 saturated heterocycles. The zero-order chi connectivity index (χ0) is 12.3. The highest BCUT2D eigenvalue weighted by molar-refractivity contribution is 6.33. The first-order chi connectivity index (χ1) is 8.22. The predicted molar refractivity (Wildman–Crippen MR) is 65.8 cm³/mol. The van der Waals surface area contributed by atoms with Crippen LogP contribution in [0, 0.1) is 17.1 Å². The smallest absolute Gasteiger partial charge is 0.143 e. The Kier molecular flexibility index (Phi) is 3.27. The van der Waals surface area contributed by atoms with Gasteiger partial charge in [0.05, 0.1) is 16.4 Å². The van der Waals surface area contributed by atoms with Crippen molar-refractivity contribution in [2.45, 2.75) is 0 Å². The number of hydrogen-bond donors (Lipinski definition) is 1. The fourth-order valence-corrected chi connectivity index (χ4v) is 1.63. The van der Waals surface area contributed by atoms with E-state index in [1.807, 2.05) is 6.07 Å². The molecule has 84 valence electrons. The predicted octanol–water partition coefficient (Wildman–Crippen LogP) is 4.09. The van der Waals surface area contributed by atoms with Gasteiger partial charge in [-0.1, -0.05) is 29.8 Å². The molecule has 1 N–H and O–H groups in total. The molecule has 0 saturated carbocycles. The Balaban J connectivity index is 2.41. The Bertz CT molecular complexity index is 590. The van der Waals surface area contributed by atoms with Gasteiger partial charge in [0.25, 0.3) is 0 Å². The van der Waals surface area contributed by atoms with Gasteiger partial charge in [-0.25, -0.2) is 4.39 Å². The molecular formula is C13H8ClFN2. The number of anilines is 2.